The fourth-order valence-electron chi connectivity index (χ4n) is 0.875. The van der Waals surface area contributed by atoms with Crippen molar-refractivity contribution >= 4 is 0 Å². The minimum Gasteiger partial charge on any atom is -0.468 e. The highest BCUT2D eigenvalue weighted by molar-refractivity contribution is 4.42. The molecule has 0 bridgehead atoms. The lowest BCUT2D eigenvalue weighted by atomic mass is 10.4. The molecular formula is C7H17N. The van der Waals surface area contributed by atoms with Gasteiger partial charge in [-0.05, 0) is 12.8 Å². The van der Waals surface area contributed by atoms with Crippen molar-refractivity contribution in [1.82, 2.24) is 0 Å². The van der Waals surface area contributed by atoms with Gasteiger partial charge in [-0.2, -0.15) is 7.05 Å². The van der Waals surface area contributed by atoms with Crippen LogP contribution in [0.15, 0.2) is 0 Å². The molecule has 0 unspecified atom stereocenters. The summed E-state index contributed by atoms with van der Waals surface area (Å²) in [5, 5.41) is 0. The Labute approximate surface area is 52.7 Å². The maximum atomic E-state index is 3.85. The van der Waals surface area contributed by atoms with Crippen molar-refractivity contribution in [3.63, 3.8) is 0 Å². The predicted octanol–water partition coefficient (Wildman–Crippen LogP) is 0.483. The van der Waals surface area contributed by atoms with Crippen molar-refractivity contribution in [3.05, 3.63) is 7.05 Å². The zero-order valence-electron chi connectivity index (χ0n) is 6.04. The van der Waals surface area contributed by atoms with Crippen molar-refractivity contribution in [2.45, 2.75) is 26.7 Å². The summed E-state index contributed by atoms with van der Waals surface area (Å²) in [7, 11) is 3.85. The van der Waals surface area contributed by atoms with Crippen molar-refractivity contribution in [2.24, 2.45) is 0 Å². The molecule has 0 atom stereocenters. The number of rotatable bonds is 0. The number of nitrogens with one attached hydrogen (secondary N) is 1. The monoisotopic (exact) mass is 115 g/mol. The van der Waals surface area contributed by atoms with Crippen LogP contribution in [0.4, 0.5) is 0 Å². The molecule has 0 aromatic heterocycles. The molecular weight excluding hydrogens is 98.1 g/mol. The third kappa shape index (κ3) is 3.03. The molecule has 1 fully saturated rings. The maximum Gasteiger partial charge on any atom is 0.0532 e. The van der Waals surface area contributed by atoms with Crippen LogP contribution >= 0.6 is 0 Å². The number of quaternary nitrogens is 1. The molecule has 0 aromatic rings. The van der Waals surface area contributed by atoms with E-state index in [9.17, 15) is 0 Å². The molecule has 0 radical (unpaired) electrons. The lowest BCUT2D eigenvalue weighted by Crippen LogP contribution is -3.04. The second-order valence-electron chi connectivity index (χ2n) is 1.96. The third-order valence-electron chi connectivity index (χ3n) is 1.31. The molecule has 0 saturated carbocycles. The summed E-state index contributed by atoms with van der Waals surface area (Å²) >= 11 is 0. The highest BCUT2D eigenvalue weighted by Crippen LogP contribution is 1.85. The number of hydrogen-bond donors (Lipinski definition) is 1. The topological polar surface area (TPSA) is 4.44 Å². The molecule has 0 spiro atoms. The Kier molecular flexibility index (Phi) is 5.08. The fraction of sp³-hybridized carbons (Fsp3) is 0.857. The molecule has 1 aliphatic heterocycles. The summed E-state index contributed by atoms with van der Waals surface area (Å²) in [4.78, 5) is 1.45. The highest BCUT2D eigenvalue weighted by atomic mass is 15.1. The fourth-order valence-corrected chi connectivity index (χ4v) is 0.875. The average Bonchev–Trinajstić information content (AvgIpc) is 2.24. The van der Waals surface area contributed by atoms with E-state index in [1.54, 1.807) is 0 Å². The molecule has 1 nitrogen and oxygen atoms in total. The number of hydrogen-bond acceptors (Lipinski definition) is 0. The van der Waals surface area contributed by atoms with Gasteiger partial charge >= 0.3 is 0 Å². The molecule has 1 N–H and O–H groups in total. The first-order chi connectivity index (χ1) is 3.89. The van der Waals surface area contributed by atoms with Crippen molar-refractivity contribution in [3.8, 4) is 0 Å². The minimum absolute atomic E-state index is 1.29. The van der Waals surface area contributed by atoms with Gasteiger partial charge in [-0.25, -0.2) is 0 Å². The third-order valence-corrected chi connectivity index (χ3v) is 1.31. The van der Waals surface area contributed by atoms with Gasteiger partial charge in [0.15, 0.2) is 0 Å². The lowest BCUT2D eigenvalue weighted by Gasteiger charge is -2.09. The predicted molar refractivity (Wildman–Crippen MR) is 36.6 cm³/mol. The largest absolute Gasteiger partial charge is 0.468 e. The van der Waals surface area contributed by atoms with Gasteiger partial charge < -0.3 is 4.90 Å². The first-order valence-electron chi connectivity index (χ1n) is 3.56. The molecule has 0 aliphatic carbocycles. The van der Waals surface area contributed by atoms with Gasteiger partial charge in [0, 0.05) is 0 Å². The SMILES string of the molecule is CC.[CH2-][NH+]1CCCC1. The Bertz CT molecular complexity index is 37.7. The molecule has 50 valence electrons. The molecule has 0 aromatic carbocycles. The molecule has 1 heterocycles. The van der Waals surface area contributed by atoms with E-state index in [1.165, 1.54) is 30.8 Å². The summed E-state index contributed by atoms with van der Waals surface area (Å²) < 4.78 is 0. The first kappa shape index (κ1) is 7.96. The van der Waals surface area contributed by atoms with Gasteiger partial charge in [-0.15, -0.1) is 0 Å². The molecule has 0 amide bonds. The van der Waals surface area contributed by atoms with Gasteiger partial charge in [-0.1, -0.05) is 13.8 Å². The van der Waals surface area contributed by atoms with Crippen LogP contribution in [-0.2, 0) is 0 Å². The first-order valence-corrected chi connectivity index (χ1v) is 3.56. The molecule has 1 heteroatoms. The summed E-state index contributed by atoms with van der Waals surface area (Å²) in [5.74, 6) is 0. The van der Waals surface area contributed by atoms with E-state index in [2.05, 4.69) is 7.05 Å². The average molecular weight is 115 g/mol. The quantitative estimate of drug-likeness (QED) is 0.438. The normalized spacial score (nSPS) is 19.9. The Morgan fingerprint density at radius 2 is 1.50 bits per heavy atom. The summed E-state index contributed by atoms with van der Waals surface area (Å²) in [6.07, 6.45) is 2.78. The zero-order chi connectivity index (χ0) is 6.41. The van der Waals surface area contributed by atoms with Crippen LogP contribution in [0.3, 0.4) is 0 Å². The van der Waals surface area contributed by atoms with Crippen LogP contribution in [0, 0.1) is 7.05 Å². The summed E-state index contributed by atoms with van der Waals surface area (Å²) in [5.41, 5.74) is 0. The zero-order valence-corrected chi connectivity index (χ0v) is 6.04. The molecule has 8 heavy (non-hydrogen) atoms. The lowest BCUT2D eigenvalue weighted by molar-refractivity contribution is -0.839. The van der Waals surface area contributed by atoms with Gasteiger partial charge in [0.25, 0.3) is 0 Å². The van der Waals surface area contributed by atoms with Gasteiger partial charge in [-0.3, -0.25) is 0 Å². The van der Waals surface area contributed by atoms with E-state index in [-0.39, 0.29) is 0 Å². The number of likely N-dealkylation sites (tertiary alicyclic amines) is 1. The second kappa shape index (κ2) is 5.10. The van der Waals surface area contributed by atoms with E-state index in [0.29, 0.717) is 0 Å². The standard InChI is InChI=1S/C5H11N.C2H6/c1-6-4-2-3-5-6;1-2/h6H,1-5H2;1-2H3. The maximum absolute atomic E-state index is 3.85. The van der Waals surface area contributed by atoms with Crippen LogP contribution in [-0.4, -0.2) is 13.1 Å². The molecule has 1 rings (SSSR count). The van der Waals surface area contributed by atoms with E-state index in [0.717, 1.165) is 0 Å². The van der Waals surface area contributed by atoms with Gasteiger partial charge in [0.1, 0.15) is 0 Å². The Morgan fingerprint density at radius 1 is 1.12 bits per heavy atom. The van der Waals surface area contributed by atoms with E-state index >= 15 is 0 Å². The summed E-state index contributed by atoms with van der Waals surface area (Å²) in [6.45, 7) is 6.58. The smallest absolute Gasteiger partial charge is 0.0532 e. The van der Waals surface area contributed by atoms with Crippen LogP contribution in [0.2, 0.25) is 0 Å². The Hall–Kier alpha value is -0.0400. The van der Waals surface area contributed by atoms with Gasteiger partial charge in [0.05, 0.1) is 13.1 Å². The van der Waals surface area contributed by atoms with Crippen LogP contribution in [0.1, 0.15) is 26.7 Å². The minimum atomic E-state index is 1.29. The van der Waals surface area contributed by atoms with E-state index in [4.69, 9.17) is 0 Å². The highest BCUT2D eigenvalue weighted by Gasteiger charge is 2.02. The second-order valence-corrected chi connectivity index (χ2v) is 1.96. The Balaban J connectivity index is 0.000000222. The van der Waals surface area contributed by atoms with Crippen molar-refractivity contribution in [2.75, 3.05) is 13.1 Å². The molecule has 1 saturated heterocycles. The summed E-state index contributed by atoms with van der Waals surface area (Å²) in [6, 6.07) is 0. The molecule has 1 aliphatic rings. The van der Waals surface area contributed by atoms with E-state index in [1.807, 2.05) is 13.8 Å². The van der Waals surface area contributed by atoms with Crippen molar-refractivity contribution in [1.29, 1.82) is 0 Å². The van der Waals surface area contributed by atoms with Crippen LogP contribution in [0.5, 0.6) is 0 Å². The Morgan fingerprint density at radius 3 is 1.62 bits per heavy atom. The van der Waals surface area contributed by atoms with E-state index < -0.39 is 0 Å². The van der Waals surface area contributed by atoms with Crippen LogP contribution < -0.4 is 4.90 Å². The van der Waals surface area contributed by atoms with Gasteiger partial charge in [0.2, 0.25) is 0 Å². The van der Waals surface area contributed by atoms with Crippen LogP contribution in [0.25, 0.3) is 0 Å². The van der Waals surface area contributed by atoms with Crippen molar-refractivity contribution < 1.29 is 4.90 Å².